The number of likely N-dealkylation sites (N-methyl/N-ethyl adjacent to an activating group) is 1. The van der Waals surface area contributed by atoms with Crippen LogP contribution in [0.2, 0.25) is 0 Å². The predicted octanol–water partition coefficient (Wildman–Crippen LogP) is 1.01. The molecule has 1 atom stereocenters. The van der Waals surface area contributed by atoms with Gasteiger partial charge < -0.3 is 9.72 Å². The fourth-order valence-corrected chi connectivity index (χ4v) is 1.43. The summed E-state index contributed by atoms with van der Waals surface area (Å²) in [6.45, 7) is 0.784. The topological polar surface area (TPSA) is 28.3 Å². The summed E-state index contributed by atoms with van der Waals surface area (Å²) < 4.78 is 5.44. The van der Waals surface area contributed by atoms with Gasteiger partial charge in [0.05, 0.1) is 6.04 Å². The molecule has 0 saturated heterocycles. The number of nitrogens with zero attached hydrogens (tertiary/aromatic N) is 1. The van der Waals surface area contributed by atoms with Crippen molar-refractivity contribution in [1.82, 2.24) is 9.88 Å². The van der Waals surface area contributed by atoms with E-state index in [1.807, 2.05) is 12.4 Å². The van der Waals surface area contributed by atoms with Crippen molar-refractivity contribution in [2.45, 2.75) is 6.04 Å². The maximum atomic E-state index is 5.44. The lowest BCUT2D eigenvalue weighted by atomic mass is 10.2. The van der Waals surface area contributed by atoms with Crippen molar-refractivity contribution >= 4 is 0 Å². The van der Waals surface area contributed by atoms with Crippen molar-refractivity contribution in [3.8, 4) is 5.75 Å². The Morgan fingerprint density at radius 1 is 1.55 bits per heavy atom. The number of H-pyrrole nitrogens is 1. The molecule has 0 fully saturated rings. The van der Waals surface area contributed by atoms with Gasteiger partial charge in [-0.3, -0.25) is 4.90 Å². The van der Waals surface area contributed by atoms with Gasteiger partial charge in [0.2, 0.25) is 0 Å². The van der Waals surface area contributed by atoms with Gasteiger partial charge in [-0.25, -0.2) is 0 Å². The van der Waals surface area contributed by atoms with Gasteiger partial charge in [-0.1, -0.05) is 0 Å². The fraction of sp³-hybridized carbons (Fsp3) is 0.500. The highest BCUT2D eigenvalue weighted by atomic mass is 16.5. The second-order valence-electron chi connectivity index (χ2n) is 3.07. The van der Waals surface area contributed by atoms with Crippen molar-refractivity contribution in [3.63, 3.8) is 0 Å². The zero-order chi connectivity index (χ0) is 7.84. The molecule has 0 aromatic carbocycles. The van der Waals surface area contributed by atoms with Crippen LogP contribution >= 0.6 is 0 Å². The summed E-state index contributed by atoms with van der Waals surface area (Å²) in [5.74, 6) is 1.00. The monoisotopic (exact) mass is 152 g/mol. The molecule has 1 aromatic rings. The zero-order valence-electron chi connectivity index (χ0n) is 6.79. The largest absolute Gasteiger partial charge is 0.490 e. The molecular formula is C8H12N2O. The Morgan fingerprint density at radius 2 is 2.36 bits per heavy atom. The zero-order valence-corrected chi connectivity index (χ0v) is 6.79. The van der Waals surface area contributed by atoms with Crippen LogP contribution in [-0.2, 0) is 0 Å². The average molecular weight is 152 g/mol. The number of aromatic nitrogens is 1. The Labute approximate surface area is 66.0 Å². The molecule has 1 aliphatic rings. The van der Waals surface area contributed by atoms with E-state index in [9.17, 15) is 0 Å². The highest BCUT2D eigenvalue weighted by Crippen LogP contribution is 2.34. The Hall–Kier alpha value is -0.960. The number of aromatic amines is 1. The van der Waals surface area contributed by atoms with E-state index in [-0.39, 0.29) is 0 Å². The molecule has 3 heteroatoms. The first-order chi connectivity index (χ1) is 5.29. The Kier molecular flexibility index (Phi) is 1.39. The smallest absolute Gasteiger partial charge is 0.141 e. The molecule has 0 amide bonds. The maximum Gasteiger partial charge on any atom is 0.141 e. The van der Waals surface area contributed by atoms with Gasteiger partial charge in [0, 0.05) is 18.0 Å². The Balaban J connectivity index is 2.31. The molecule has 0 radical (unpaired) electrons. The van der Waals surface area contributed by atoms with Crippen LogP contribution in [0.3, 0.4) is 0 Å². The number of rotatable bonds is 1. The van der Waals surface area contributed by atoms with Gasteiger partial charge in [0.1, 0.15) is 12.4 Å². The van der Waals surface area contributed by atoms with E-state index in [1.54, 1.807) is 0 Å². The fourth-order valence-electron chi connectivity index (χ4n) is 1.43. The van der Waals surface area contributed by atoms with Crippen LogP contribution in [0.1, 0.15) is 11.6 Å². The summed E-state index contributed by atoms with van der Waals surface area (Å²) in [6, 6.07) is 0.427. The van der Waals surface area contributed by atoms with Gasteiger partial charge >= 0.3 is 0 Å². The lowest BCUT2D eigenvalue weighted by Crippen LogP contribution is -2.20. The van der Waals surface area contributed by atoms with Crippen LogP contribution in [0.15, 0.2) is 12.4 Å². The summed E-state index contributed by atoms with van der Waals surface area (Å²) in [5.41, 5.74) is 1.27. The molecule has 2 rings (SSSR count). The SMILES string of the molecule is CN(C)C1COc2c[nH]cc21. The minimum absolute atomic E-state index is 0.427. The number of ether oxygens (including phenoxy) is 1. The second-order valence-corrected chi connectivity index (χ2v) is 3.07. The van der Waals surface area contributed by atoms with Gasteiger partial charge in [0.15, 0.2) is 0 Å². The van der Waals surface area contributed by atoms with Crippen LogP contribution in [0, 0.1) is 0 Å². The lowest BCUT2D eigenvalue weighted by Gasteiger charge is -2.16. The van der Waals surface area contributed by atoms with Gasteiger partial charge in [-0.2, -0.15) is 0 Å². The standard InChI is InChI=1S/C8H12N2O/c1-10(2)7-5-11-8-4-9-3-6(7)8/h3-4,7,9H,5H2,1-2H3. The summed E-state index contributed by atoms with van der Waals surface area (Å²) in [6.07, 6.45) is 3.91. The minimum atomic E-state index is 0.427. The molecule has 1 aromatic heterocycles. The molecule has 3 nitrogen and oxygen atoms in total. The highest BCUT2D eigenvalue weighted by Gasteiger charge is 2.25. The Bertz CT molecular complexity index is 254. The lowest BCUT2D eigenvalue weighted by molar-refractivity contribution is 0.225. The van der Waals surface area contributed by atoms with Crippen molar-refractivity contribution in [2.75, 3.05) is 20.7 Å². The first-order valence-corrected chi connectivity index (χ1v) is 3.75. The molecule has 2 heterocycles. The molecule has 1 aliphatic heterocycles. The molecule has 60 valence electrons. The van der Waals surface area contributed by atoms with Crippen LogP contribution in [0.5, 0.6) is 5.75 Å². The van der Waals surface area contributed by atoms with E-state index in [4.69, 9.17) is 4.74 Å². The normalized spacial score (nSPS) is 21.9. The first-order valence-electron chi connectivity index (χ1n) is 3.75. The predicted molar refractivity (Wildman–Crippen MR) is 42.7 cm³/mol. The molecule has 1 unspecified atom stereocenters. The van der Waals surface area contributed by atoms with E-state index in [2.05, 4.69) is 24.0 Å². The Morgan fingerprint density at radius 3 is 3.09 bits per heavy atom. The molecule has 0 aliphatic carbocycles. The number of fused-ring (bicyclic) bond motifs is 1. The van der Waals surface area contributed by atoms with E-state index >= 15 is 0 Å². The third-order valence-corrected chi connectivity index (χ3v) is 2.12. The number of nitrogens with one attached hydrogen (secondary N) is 1. The molecule has 0 bridgehead atoms. The molecule has 1 N–H and O–H groups in total. The van der Waals surface area contributed by atoms with E-state index < -0.39 is 0 Å². The van der Waals surface area contributed by atoms with Crippen LogP contribution in [0.25, 0.3) is 0 Å². The summed E-state index contributed by atoms with van der Waals surface area (Å²) in [5, 5.41) is 0. The minimum Gasteiger partial charge on any atom is -0.490 e. The van der Waals surface area contributed by atoms with Gasteiger partial charge in [0.25, 0.3) is 0 Å². The number of hydrogen-bond acceptors (Lipinski definition) is 2. The van der Waals surface area contributed by atoms with Crippen molar-refractivity contribution in [3.05, 3.63) is 18.0 Å². The van der Waals surface area contributed by atoms with Crippen molar-refractivity contribution in [1.29, 1.82) is 0 Å². The van der Waals surface area contributed by atoms with Crippen LogP contribution in [0.4, 0.5) is 0 Å². The third kappa shape index (κ3) is 0.922. The molecular weight excluding hydrogens is 140 g/mol. The third-order valence-electron chi connectivity index (χ3n) is 2.12. The second kappa shape index (κ2) is 2.27. The summed E-state index contributed by atoms with van der Waals surface area (Å²) in [4.78, 5) is 5.20. The first kappa shape index (κ1) is 6.73. The van der Waals surface area contributed by atoms with E-state index in [0.717, 1.165) is 12.4 Å². The maximum absolute atomic E-state index is 5.44. The van der Waals surface area contributed by atoms with Crippen molar-refractivity contribution in [2.24, 2.45) is 0 Å². The summed E-state index contributed by atoms with van der Waals surface area (Å²) in [7, 11) is 4.13. The number of hydrogen-bond donors (Lipinski definition) is 1. The van der Waals surface area contributed by atoms with Gasteiger partial charge in [-0.15, -0.1) is 0 Å². The average Bonchev–Trinajstić information content (AvgIpc) is 2.41. The highest BCUT2D eigenvalue weighted by molar-refractivity contribution is 5.36. The van der Waals surface area contributed by atoms with Crippen LogP contribution < -0.4 is 4.74 Å². The van der Waals surface area contributed by atoms with E-state index in [1.165, 1.54) is 5.56 Å². The van der Waals surface area contributed by atoms with Crippen molar-refractivity contribution < 1.29 is 4.74 Å². The molecule has 0 spiro atoms. The quantitative estimate of drug-likeness (QED) is 0.650. The van der Waals surface area contributed by atoms with E-state index in [0.29, 0.717) is 6.04 Å². The molecule has 0 saturated carbocycles. The van der Waals surface area contributed by atoms with Crippen LogP contribution in [-0.4, -0.2) is 30.6 Å². The molecule has 11 heavy (non-hydrogen) atoms. The van der Waals surface area contributed by atoms with Gasteiger partial charge in [-0.05, 0) is 14.1 Å². The summed E-state index contributed by atoms with van der Waals surface area (Å²) >= 11 is 0.